The fraction of sp³-hybridized carbons (Fsp3) is 0.367. The normalized spacial score (nSPS) is 12.0. The molecule has 0 radical (unpaired) electrons. The van der Waals surface area contributed by atoms with Crippen LogP contribution >= 0.6 is 0 Å². The monoisotopic (exact) mass is 459 g/mol. The number of methoxy groups -OCH3 is 2. The topological polar surface area (TPSA) is 47.6 Å². The van der Waals surface area contributed by atoms with Crippen molar-refractivity contribution in [2.45, 2.75) is 58.3 Å². The van der Waals surface area contributed by atoms with Gasteiger partial charge in [-0.25, -0.2) is 0 Å². The third-order valence-electron chi connectivity index (χ3n) is 6.28. The van der Waals surface area contributed by atoms with Crippen LogP contribution in [0.5, 0.6) is 11.5 Å². The first-order valence-corrected chi connectivity index (χ1v) is 12.0. The van der Waals surface area contributed by atoms with Gasteiger partial charge in [0, 0.05) is 24.1 Å². The second-order valence-electron chi connectivity index (χ2n) is 9.32. The minimum absolute atomic E-state index is 0.0331. The van der Waals surface area contributed by atoms with Gasteiger partial charge in [0.05, 0.1) is 14.2 Å². The molecule has 1 N–H and O–H groups in total. The Balaban J connectivity index is 1.87. The lowest BCUT2D eigenvalue weighted by Crippen LogP contribution is -2.17. The number of ether oxygens (including phenoxy) is 2. The number of hydrogen-bond donors (Lipinski definition) is 1. The van der Waals surface area contributed by atoms with Crippen LogP contribution in [0.1, 0.15) is 80.5 Å². The Morgan fingerprint density at radius 3 is 1.82 bits per heavy atom. The van der Waals surface area contributed by atoms with Gasteiger partial charge in [0.2, 0.25) is 5.91 Å². The van der Waals surface area contributed by atoms with E-state index >= 15 is 0 Å². The van der Waals surface area contributed by atoms with E-state index in [0.29, 0.717) is 24.7 Å². The number of amides is 1. The third-order valence-corrected chi connectivity index (χ3v) is 6.28. The number of benzene rings is 3. The average molecular weight is 460 g/mol. The van der Waals surface area contributed by atoms with Crippen LogP contribution in [0.4, 0.5) is 5.69 Å². The number of carbonyl (C=O) groups is 1. The van der Waals surface area contributed by atoms with Crippen molar-refractivity contribution in [2.24, 2.45) is 0 Å². The van der Waals surface area contributed by atoms with Crippen molar-refractivity contribution in [1.29, 1.82) is 0 Å². The highest BCUT2D eigenvalue weighted by Crippen LogP contribution is 2.36. The lowest BCUT2D eigenvalue weighted by Gasteiger charge is -2.22. The molecular formula is C30H37NO3. The van der Waals surface area contributed by atoms with Crippen LogP contribution in [-0.2, 0) is 4.79 Å². The Bertz CT molecular complexity index is 1040. The Labute approximate surface area is 204 Å². The number of para-hydroxylation sites is 1. The van der Waals surface area contributed by atoms with Gasteiger partial charge in [0.25, 0.3) is 0 Å². The lowest BCUT2D eigenvalue weighted by molar-refractivity contribution is -0.116. The molecule has 0 saturated heterocycles. The van der Waals surface area contributed by atoms with Gasteiger partial charge in [-0.05, 0) is 52.6 Å². The summed E-state index contributed by atoms with van der Waals surface area (Å²) in [6.07, 6.45) is 1.08. The molecule has 0 fully saturated rings. The van der Waals surface area contributed by atoms with Gasteiger partial charge in [-0.1, -0.05) is 76.2 Å². The van der Waals surface area contributed by atoms with E-state index in [1.807, 2.05) is 36.4 Å². The number of hydrogen-bond acceptors (Lipinski definition) is 3. The zero-order valence-corrected chi connectivity index (χ0v) is 21.2. The Morgan fingerprint density at radius 1 is 0.765 bits per heavy atom. The van der Waals surface area contributed by atoms with E-state index in [9.17, 15) is 4.79 Å². The maximum atomic E-state index is 13.2. The van der Waals surface area contributed by atoms with Gasteiger partial charge in [-0.2, -0.15) is 0 Å². The van der Waals surface area contributed by atoms with E-state index in [1.165, 1.54) is 11.1 Å². The molecule has 0 aliphatic rings. The van der Waals surface area contributed by atoms with E-state index in [0.717, 1.165) is 28.3 Å². The van der Waals surface area contributed by atoms with Gasteiger partial charge in [0.1, 0.15) is 11.5 Å². The smallest absolute Gasteiger partial charge is 0.224 e. The summed E-state index contributed by atoms with van der Waals surface area (Å²) in [7, 11) is 3.31. The lowest BCUT2D eigenvalue weighted by atomic mass is 9.87. The van der Waals surface area contributed by atoms with Crippen molar-refractivity contribution in [2.75, 3.05) is 19.5 Å². The first kappa shape index (κ1) is 25.4. The zero-order valence-electron chi connectivity index (χ0n) is 21.2. The molecule has 1 unspecified atom stereocenters. The van der Waals surface area contributed by atoms with Crippen LogP contribution < -0.4 is 14.8 Å². The molecule has 0 heterocycles. The van der Waals surface area contributed by atoms with Gasteiger partial charge >= 0.3 is 0 Å². The standard InChI is InChI=1S/C30H37NO3/c1-20(2)26-13-10-14-27(21(3)4)30(26)31-29(32)16-15-28(22-11-8-7-9-12-22)23-17-24(33-5)19-25(18-23)34-6/h7-14,17-21,28H,15-16H2,1-6H3,(H,31,32). The quantitative estimate of drug-likeness (QED) is 0.341. The molecule has 3 aromatic carbocycles. The molecule has 0 spiro atoms. The molecule has 34 heavy (non-hydrogen) atoms. The Kier molecular flexibility index (Phi) is 8.75. The molecule has 3 rings (SSSR count). The fourth-order valence-electron chi connectivity index (χ4n) is 4.41. The average Bonchev–Trinajstić information content (AvgIpc) is 2.84. The SMILES string of the molecule is COc1cc(OC)cc(C(CCC(=O)Nc2c(C(C)C)cccc2C(C)C)c2ccccc2)c1. The summed E-state index contributed by atoms with van der Waals surface area (Å²) < 4.78 is 11.0. The molecule has 0 aliphatic carbocycles. The highest BCUT2D eigenvalue weighted by Gasteiger charge is 2.20. The minimum Gasteiger partial charge on any atom is -0.497 e. The fourth-order valence-corrected chi connectivity index (χ4v) is 4.41. The number of nitrogens with one attached hydrogen (secondary N) is 1. The molecule has 0 bridgehead atoms. The summed E-state index contributed by atoms with van der Waals surface area (Å²) in [6.45, 7) is 8.65. The summed E-state index contributed by atoms with van der Waals surface area (Å²) in [5.41, 5.74) is 5.56. The van der Waals surface area contributed by atoms with Crippen LogP contribution in [0.2, 0.25) is 0 Å². The number of rotatable bonds is 10. The van der Waals surface area contributed by atoms with Crippen LogP contribution in [0.3, 0.4) is 0 Å². The Hall–Kier alpha value is -3.27. The van der Waals surface area contributed by atoms with Crippen molar-refractivity contribution in [3.63, 3.8) is 0 Å². The summed E-state index contributed by atoms with van der Waals surface area (Å²) in [5.74, 6) is 2.22. The molecule has 1 atom stereocenters. The molecule has 0 saturated carbocycles. The van der Waals surface area contributed by atoms with Crippen LogP contribution in [0.25, 0.3) is 0 Å². The van der Waals surface area contributed by atoms with Crippen molar-refractivity contribution in [3.05, 3.63) is 89.0 Å². The second-order valence-corrected chi connectivity index (χ2v) is 9.32. The van der Waals surface area contributed by atoms with Crippen LogP contribution in [0.15, 0.2) is 66.7 Å². The molecule has 0 aliphatic heterocycles. The highest BCUT2D eigenvalue weighted by molar-refractivity contribution is 5.92. The molecule has 0 aromatic heterocycles. The maximum absolute atomic E-state index is 13.2. The van der Waals surface area contributed by atoms with Gasteiger partial charge in [-0.3, -0.25) is 4.79 Å². The predicted octanol–water partition coefficient (Wildman–Crippen LogP) is 7.50. The van der Waals surface area contributed by atoms with Gasteiger partial charge < -0.3 is 14.8 Å². The predicted molar refractivity (Wildman–Crippen MR) is 140 cm³/mol. The minimum atomic E-state index is 0.0331. The molecule has 1 amide bonds. The van der Waals surface area contributed by atoms with Crippen molar-refractivity contribution < 1.29 is 14.3 Å². The first-order valence-electron chi connectivity index (χ1n) is 12.0. The molecule has 180 valence electrons. The zero-order chi connectivity index (χ0) is 24.7. The Morgan fingerprint density at radius 2 is 1.32 bits per heavy atom. The molecule has 3 aromatic rings. The van der Waals surface area contributed by atoms with Crippen molar-refractivity contribution in [3.8, 4) is 11.5 Å². The summed E-state index contributed by atoms with van der Waals surface area (Å²) in [4.78, 5) is 13.2. The van der Waals surface area contributed by atoms with E-state index in [2.05, 4.69) is 63.3 Å². The van der Waals surface area contributed by atoms with Gasteiger partial charge in [0.15, 0.2) is 0 Å². The first-order chi connectivity index (χ1) is 16.3. The maximum Gasteiger partial charge on any atom is 0.224 e. The van der Waals surface area contributed by atoms with E-state index in [-0.39, 0.29) is 11.8 Å². The highest BCUT2D eigenvalue weighted by atomic mass is 16.5. The summed E-state index contributed by atoms with van der Waals surface area (Å²) in [5, 5.41) is 3.26. The number of anilines is 1. The van der Waals surface area contributed by atoms with Gasteiger partial charge in [-0.15, -0.1) is 0 Å². The van der Waals surface area contributed by atoms with Crippen LogP contribution in [0, 0.1) is 0 Å². The summed E-state index contributed by atoms with van der Waals surface area (Å²) >= 11 is 0. The third kappa shape index (κ3) is 6.19. The van der Waals surface area contributed by atoms with Crippen molar-refractivity contribution in [1.82, 2.24) is 0 Å². The number of carbonyl (C=O) groups excluding carboxylic acids is 1. The largest absolute Gasteiger partial charge is 0.497 e. The van der Waals surface area contributed by atoms with E-state index in [4.69, 9.17) is 9.47 Å². The van der Waals surface area contributed by atoms with E-state index < -0.39 is 0 Å². The molecule has 4 nitrogen and oxygen atoms in total. The second kappa shape index (κ2) is 11.7. The van der Waals surface area contributed by atoms with E-state index in [1.54, 1.807) is 14.2 Å². The van der Waals surface area contributed by atoms with Crippen LogP contribution in [-0.4, -0.2) is 20.1 Å². The summed E-state index contributed by atoms with van der Waals surface area (Å²) in [6, 6.07) is 22.5. The molecule has 4 heteroatoms. The molecular weight excluding hydrogens is 422 g/mol. The van der Waals surface area contributed by atoms with Crippen molar-refractivity contribution >= 4 is 11.6 Å².